The number of rotatable bonds is 0. The van der Waals surface area contributed by atoms with Gasteiger partial charge in [-0.1, -0.05) is 234 Å². The highest BCUT2D eigenvalue weighted by molar-refractivity contribution is 7.15. The Balaban J connectivity index is 0.000000478. The van der Waals surface area contributed by atoms with Crippen molar-refractivity contribution in [2.75, 3.05) is 0 Å². The van der Waals surface area contributed by atoms with Gasteiger partial charge in [-0.25, -0.2) is 14.5 Å². The molecule has 0 fully saturated rings. The summed E-state index contributed by atoms with van der Waals surface area (Å²) in [6.07, 6.45) is 8.04. The summed E-state index contributed by atoms with van der Waals surface area (Å²) in [5, 5.41) is 15.8. The maximum atomic E-state index is 4.81. The number of fused-ring (bicyclic) bond motifs is 4. The first-order valence-electron chi connectivity index (χ1n) is 28.1. The topological polar surface area (TPSA) is 82.1 Å². The second-order valence-electron chi connectivity index (χ2n) is 26.5. The third-order valence-electron chi connectivity index (χ3n) is 11.5. The second kappa shape index (κ2) is 26.5. The summed E-state index contributed by atoms with van der Waals surface area (Å²) in [6, 6.07) is 16.5. The highest BCUT2D eigenvalue weighted by atomic mass is 32.1. The van der Waals surface area contributed by atoms with E-state index < -0.39 is 0 Å². The first-order valence-corrected chi connectivity index (χ1v) is 29.0. The molecule has 8 aromatic rings. The van der Waals surface area contributed by atoms with Crippen molar-refractivity contribution < 1.29 is 0 Å². The van der Waals surface area contributed by atoms with Crippen molar-refractivity contribution in [2.24, 2.45) is 0 Å². The molecule has 10 heteroatoms. The molecule has 75 heavy (non-hydrogen) atoms. The number of hydrogen-bond donors (Lipinski definition) is 0. The van der Waals surface area contributed by atoms with Gasteiger partial charge in [0, 0.05) is 73.8 Å². The zero-order valence-electron chi connectivity index (χ0n) is 53.9. The van der Waals surface area contributed by atoms with Crippen LogP contribution in [0.15, 0.2) is 78.7 Å². The molecular formula is C65H109N9S. The maximum Gasteiger partial charge on any atom is 0.194 e. The lowest BCUT2D eigenvalue weighted by atomic mass is 9.79. The van der Waals surface area contributed by atoms with Crippen LogP contribution in [0, 0.1) is 0 Å². The molecule has 0 aliphatic carbocycles. The fourth-order valence-corrected chi connectivity index (χ4v) is 9.40. The quantitative estimate of drug-likeness (QED) is 0.151. The van der Waals surface area contributed by atoms with Crippen LogP contribution in [-0.2, 0) is 43.3 Å². The molecule has 0 aliphatic heterocycles. The molecule has 0 N–H and O–H groups in total. The van der Waals surface area contributed by atoms with Gasteiger partial charge in [0.15, 0.2) is 4.96 Å². The van der Waals surface area contributed by atoms with Crippen LogP contribution >= 0.6 is 11.3 Å². The van der Waals surface area contributed by atoms with Gasteiger partial charge in [-0.2, -0.15) is 19.9 Å². The molecule has 0 atom stereocenters. The summed E-state index contributed by atoms with van der Waals surface area (Å²) in [6.45, 7) is 69.6. The third-order valence-corrected chi connectivity index (χ3v) is 12.3. The van der Waals surface area contributed by atoms with Crippen molar-refractivity contribution in [3.63, 3.8) is 0 Å². The first-order chi connectivity index (χ1) is 34.3. The second-order valence-corrected chi connectivity index (χ2v) is 27.4. The average Bonchev–Trinajstić information content (AvgIpc) is 4.14. The highest BCUT2D eigenvalue weighted by Gasteiger charge is 2.34. The summed E-state index contributed by atoms with van der Waals surface area (Å²) in [7, 11) is 0. The van der Waals surface area contributed by atoms with Crippen molar-refractivity contribution in [1.82, 2.24) is 43.2 Å². The van der Waals surface area contributed by atoms with Crippen LogP contribution in [0.1, 0.15) is 267 Å². The van der Waals surface area contributed by atoms with Gasteiger partial charge in [0.2, 0.25) is 0 Å². The van der Waals surface area contributed by atoms with Crippen LogP contribution in [0.3, 0.4) is 0 Å². The number of hydrogen-bond acceptors (Lipinski definition) is 6. The van der Waals surface area contributed by atoms with Crippen molar-refractivity contribution >= 4 is 33.0 Å². The molecule has 0 radical (unpaired) electrons. The largest absolute Gasteiger partial charge is 0.303 e. The van der Waals surface area contributed by atoms with Gasteiger partial charge in [0.1, 0.15) is 5.65 Å². The van der Waals surface area contributed by atoms with Gasteiger partial charge in [0.25, 0.3) is 0 Å². The van der Waals surface area contributed by atoms with E-state index in [1.807, 2.05) is 84.3 Å². The Bertz CT molecular complexity index is 2680. The number of nitrogens with zero attached hydrogens (tertiary/aromatic N) is 9. The normalized spacial score (nSPS) is 12.3. The summed E-state index contributed by atoms with van der Waals surface area (Å²) in [5.41, 5.74) is 14.2. The lowest BCUT2D eigenvalue weighted by Crippen LogP contribution is -2.23. The lowest BCUT2D eigenvalue weighted by molar-refractivity contribution is 0.506. The molecule has 9 nitrogen and oxygen atoms in total. The van der Waals surface area contributed by atoms with Crippen LogP contribution in [0.25, 0.3) is 21.6 Å². The Labute approximate surface area is 462 Å². The molecule has 420 valence electrons. The van der Waals surface area contributed by atoms with E-state index in [0.717, 1.165) is 21.8 Å². The molecule has 0 aliphatic rings. The Morgan fingerprint density at radius 2 is 0.787 bits per heavy atom. The van der Waals surface area contributed by atoms with E-state index in [9.17, 15) is 0 Å². The van der Waals surface area contributed by atoms with Crippen LogP contribution in [0.5, 0.6) is 0 Å². The fourth-order valence-electron chi connectivity index (χ4n) is 8.68. The Hall–Kier alpha value is -4.83. The molecule has 0 spiro atoms. The van der Waals surface area contributed by atoms with Crippen molar-refractivity contribution in [3.8, 4) is 0 Å². The predicted octanol–water partition coefficient (Wildman–Crippen LogP) is 19.3. The standard InChI is InChI=1S/2C15H22N2.C14H21N3.C13H20N2S.4C2H6/c1-14(2,3)12-13(15(4,5)6)17-10-8-7-9-11(17)16-12;1-14(2,3)12-11-9-7-8-10-17(11)16-13(12)15(4,5)6;1-13(2,3)11-10-8-7-9-15-17(10)16-12(11)14(4,5)6;1-12(2,3)9-10(13(4,5)6)15-7-8-16-11(15)14-9;4*1-2/h2*7-10H,1-6H3;7-9H,1-6H3;7-8H,1-6H3;4*1-2H3. The summed E-state index contributed by atoms with van der Waals surface area (Å²) in [4.78, 5) is 10.7. The van der Waals surface area contributed by atoms with Crippen molar-refractivity contribution in [3.05, 3.63) is 124 Å². The van der Waals surface area contributed by atoms with E-state index >= 15 is 0 Å². The average molecular weight is 1050 g/mol. The molecule has 0 saturated heterocycles. The fraction of sp³-hybridized carbons (Fsp3) is 0.615. The van der Waals surface area contributed by atoms with Crippen LogP contribution in [0.2, 0.25) is 0 Å². The monoisotopic (exact) mass is 1050 g/mol. The molecular weight excluding hydrogens is 939 g/mol. The van der Waals surface area contributed by atoms with Gasteiger partial charge in [0.05, 0.1) is 45.2 Å². The van der Waals surface area contributed by atoms with Gasteiger partial charge in [-0.05, 0) is 47.2 Å². The van der Waals surface area contributed by atoms with Gasteiger partial charge in [-0.3, -0.25) is 4.40 Å². The summed E-state index contributed by atoms with van der Waals surface area (Å²) in [5.74, 6) is 0. The van der Waals surface area contributed by atoms with Gasteiger partial charge < -0.3 is 4.40 Å². The molecule has 0 bridgehead atoms. The molecule has 8 heterocycles. The number of aromatic nitrogens is 9. The minimum absolute atomic E-state index is 0.0380. The number of thiazole rings is 1. The van der Waals surface area contributed by atoms with Gasteiger partial charge >= 0.3 is 0 Å². The molecule has 8 aromatic heterocycles. The zero-order valence-corrected chi connectivity index (χ0v) is 54.8. The first kappa shape index (κ1) is 68.2. The van der Waals surface area contributed by atoms with Crippen LogP contribution in [-0.4, -0.2) is 43.2 Å². The van der Waals surface area contributed by atoms with Crippen LogP contribution in [0.4, 0.5) is 0 Å². The van der Waals surface area contributed by atoms with E-state index in [1.165, 1.54) is 45.1 Å². The predicted molar refractivity (Wildman–Crippen MR) is 331 cm³/mol. The Kier molecular flexibility index (Phi) is 24.1. The highest BCUT2D eigenvalue weighted by Crippen LogP contribution is 2.39. The van der Waals surface area contributed by atoms with E-state index in [0.29, 0.717) is 0 Å². The van der Waals surface area contributed by atoms with Crippen molar-refractivity contribution in [1.29, 1.82) is 0 Å². The number of imidazole rings is 2. The summed E-state index contributed by atoms with van der Waals surface area (Å²) < 4.78 is 8.22. The molecule has 0 unspecified atom stereocenters. The molecule has 0 aromatic carbocycles. The van der Waals surface area contributed by atoms with Gasteiger partial charge in [-0.15, -0.1) is 11.3 Å². The third kappa shape index (κ3) is 17.3. The minimum atomic E-state index is 0.0380. The molecule has 8 rings (SSSR count). The maximum absolute atomic E-state index is 4.81. The minimum Gasteiger partial charge on any atom is -0.303 e. The van der Waals surface area contributed by atoms with Crippen LogP contribution < -0.4 is 0 Å². The van der Waals surface area contributed by atoms with E-state index in [4.69, 9.17) is 15.1 Å². The Morgan fingerprint density at radius 3 is 1.25 bits per heavy atom. The van der Waals surface area contributed by atoms with Crippen molar-refractivity contribution in [2.45, 2.75) is 265 Å². The molecule has 0 saturated carbocycles. The van der Waals surface area contributed by atoms with E-state index in [2.05, 4.69) is 233 Å². The summed E-state index contributed by atoms with van der Waals surface area (Å²) >= 11 is 1.71. The SMILES string of the molecule is CC.CC.CC.CC.CC(C)(C)c1nc2ccccn2c1C(C)(C)C.CC(C)(C)c1nc2sccn2c1C(C)(C)C.CC(C)(C)c1nn2ccccc2c1C(C)(C)C.CC(C)(C)c1nn2ncccc2c1C(C)(C)C. The van der Waals surface area contributed by atoms with E-state index in [1.54, 1.807) is 22.2 Å². The number of pyridine rings is 2. The molecule has 0 amide bonds. The Morgan fingerprint density at radius 1 is 0.373 bits per heavy atom. The smallest absolute Gasteiger partial charge is 0.194 e. The lowest BCUT2D eigenvalue weighted by Gasteiger charge is -2.25. The van der Waals surface area contributed by atoms with E-state index in [-0.39, 0.29) is 43.3 Å². The zero-order chi connectivity index (χ0) is 58.7.